The van der Waals surface area contributed by atoms with Crippen molar-refractivity contribution in [3.63, 3.8) is 0 Å². The van der Waals surface area contributed by atoms with Crippen LogP contribution in [-0.2, 0) is 30.3 Å². The third kappa shape index (κ3) is 6.21. The van der Waals surface area contributed by atoms with Crippen LogP contribution in [0.4, 0.5) is 0 Å². The Hall–Kier alpha value is -3.08. The molecule has 11 heteroatoms. The average molecular weight is 420 g/mol. The van der Waals surface area contributed by atoms with E-state index in [-0.39, 0.29) is 30.2 Å². The third-order valence-corrected chi connectivity index (χ3v) is 4.18. The number of fused-ring (bicyclic) bond motifs is 1. The number of carbonyl (C=O) groups is 4. The molecule has 1 aromatic rings. The largest absolute Gasteiger partial charge is 0.547 e. The van der Waals surface area contributed by atoms with Gasteiger partial charge in [-0.15, -0.1) is 0 Å². The van der Waals surface area contributed by atoms with Crippen LogP contribution >= 0.6 is 0 Å². The molecule has 0 saturated heterocycles. The van der Waals surface area contributed by atoms with Crippen molar-refractivity contribution in [3.8, 4) is 5.75 Å². The molecule has 1 aromatic carbocycles. The first-order valence-electron chi connectivity index (χ1n) is 9.34. The number of esters is 2. The summed E-state index contributed by atoms with van der Waals surface area (Å²) in [5.41, 5.74) is -0.0991. The van der Waals surface area contributed by atoms with Gasteiger partial charge in [0, 0.05) is 6.92 Å². The van der Waals surface area contributed by atoms with Gasteiger partial charge in [0.15, 0.2) is 0 Å². The molecule has 1 atom stereocenters. The van der Waals surface area contributed by atoms with Crippen molar-refractivity contribution in [2.45, 2.75) is 40.1 Å². The van der Waals surface area contributed by atoms with Gasteiger partial charge in [-0.1, -0.05) is 12.1 Å². The van der Waals surface area contributed by atoms with E-state index in [1.807, 2.05) is 0 Å². The van der Waals surface area contributed by atoms with E-state index in [9.17, 15) is 24.2 Å². The molecule has 3 N–H and O–H groups in total. The fourth-order valence-corrected chi connectivity index (χ4v) is 2.60. The summed E-state index contributed by atoms with van der Waals surface area (Å²) < 4.78 is 15.4. The van der Waals surface area contributed by atoms with Crippen molar-refractivity contribution in [1.29, 1.82) is 0 Å². The molecule has 0 spiro atoms. The van der Waals surface area contributed by atoms with E-state index in [0.29, 0.717) is 5.56 Å². The van der Waals surface area contributed by atoms with Gasteiger partial charge in [-0.3, -0.25) is 14.4 Å². The van der Waals surface area contributed by atoms with Gasteiger partial charge < -0.3 is 29.8 Å². The number of nitrogens with one attached hydrogen (secondary N) is 2. The monoisotopic (exact) mass is 420 g/mol. The number of hydrogen-bond donors (Lipinski definition) is 3. The molecule has 30 heavy (non-hydrogen) atoms. The summed E-state index contributed by atoms with van der Waals surface area (Å²) in [5, 5.41) is 15.2. The number of ether oxygens (including phenoxy) is 2. The van der Waals surface area contributed by atoms with Crippen LogP contribution in [0.2, 0.25) is 0 Å². The molecule has 0 unspecified atom stereocenters. The second kappa shape index (κ2) is 9.62. The molecule has 0 saturated carbocycles. The van der Waals surface area contributed by atoms with Crippen LogP contribution in [0.3, 0.4) is 0 Å². The van der Waals surface area contributed by atoms with Gasteiger partial charge in [0.1, 0.15) is 11.3 Å². The van der Waals surface area contributed by atoms with Crippen LogP contribution in [0.1, 0.15) is 43.6 Å². The molecular formula is C19H25BN2O8. The highest BCUT2D eigenvalue weighted by Crippen LogP contribution is 2.30. The van der Waals surface area contributed by atoms with E-state index in [1.54, 1.807) is 32.9 Å². The number of amides is 2. The average Bonchev–Trinajstić information content (AvgIpc) is 2.65. The minimum absolute atomic E-state index is 0.0568. The molecule has 0 bridgehead atoms. The maximum absolute atomic E-state index is 12.4. The van der Waals surface area contributed by atoms with E-state index in [4.69, 9.17) is 14.1 Å². The van der Waals surface area contributed by atoms with Crippen molar-refractivity contribution in [1.82, 2.24) is 10.6 Å². The first kappa shape index (κ1) is 23.2. The minimum Gasteiger partial charge on any atom is -0.534 e. The molecule has 2 rings (SSSR count). The lowest BCUT2D eigenvalue weighted by molar-refractivity contribution is -0.161. The highest BCUT2D eigenvalue weighted by molar-refractivity contribution is 6.47. The van der Waals surface area contributed by atoms with Gasteiger partial charge in [0.05, 0.1) is 17.9 Å². The zero-order chi connectivity index (χ0) is 22.5. The van der Waals surface area contributed by atoms with Crippen molar-refractivity contribution >= 4 is 30.9 Å². The van der Waals surface area contributed by atoms with E-state index in [0.717, 1.165) is 0 Å². The number of hydrogen-bond acceptors (Lipinski definition) is 8. The van der Waals surface area contributed by atoms with Gasteiger partial charge in [0.25, 0.3) is 0 Å². The summed E-state index contributed by atoms with van der Waals surface area (Å²) in [6.45, 7) is 5.52. The van der Waals surface area contributed by atoms with E-state index in [1.165, 1.54) is 13.0 Å². The van der Waals surface area contributed by atoms with Crippen LogP contribution in [-0.4, -0.2) is 55.2 Å². The van der Waals surface area contributed by atoms with Crippen LogP contribution in [0.25, 0.3) is 0 Å². The lowest BCUT2D eigenvalue weighted by Crippen LogP contribution is -2.54. The zero-order valence-corrected chi connectivity index (χ0v) is 17.3. The predicted octanol–water partition coefficient (Wildman–Crippen LogP) is -0.0343. The van der Waals surface area contributed by atoms with Crippen molar-refractivity contribution in [2.75, 3.05) is 13.3 Å². The van der Waals surface area contributed by atoms with Crippen LogP contribution in [0.5, 0.6) is 5.75 Å². The van der Waals surface area contributed by atoms with Crippen molar-refractivity contribution < 1.29 is 38.3 Å². The second-order valence-corrected chi connectivity index (χ2v) is 7.82. The molecule has 10 nitrogen and oxygen atoms in total. The third-order valence-electron chi connectivity index (χ3n) is 4.18. The van der Waals surface area contributed by atoms with E-state index in [2.05, 4.69) is 10.6 Å². The molecule has 0 aliphatic carbocycles. The number of benzene rings is 1. The Balaban J connectivity index is 2.01. The molecule has 0 aromatic heterocycles. The first-order valence-corrected chi connectivity index (χ1v) is 9.34. The molecular weight excluding hydrogens is 395 g/mol. The summed E-state index contributed by atoms with van der Waals surface area (Å²) in [6, 6.07) is 4.74. The number of para-hydroxylation sites is 1. The summed E-state index contributed by atoms with van der Waals surface area (Å²) in [6.07, 6.45) is 0.197. The normalized spacial score (nSPS) is 15.4. The topological polar surface area (TPSA) is 140 Å². The van der Waals surface area contributed by atoms with Gasteiger partial charge in [-0.25, -0.2) is 4.79 Å². The maximum Gasteiger partial charge on any atom is 0.547 e. The van der Waals surface area contributed by atoms with E-state index >= 15 is 0 Å². The van der Waals surface area contributed by atoms with Crippen molar-refractivity contribution in [3.05, 3.63) is 29.3 Å². The zero-order valence-electron chi connectivity index (χ0n) is 17.3. The Morgan fingerprint density at radius 1 is 1.23 bits per heavy atom. The molecule has 1 aliphatic rings. The smallest absolute Gasteiger partial charge is 0.534 e. The van der Waals surface area contributed by atoms with Gasteiger partial charge in [-0.05, 0) is 38.8 Å². The lowest BCUT2D eigenvalue weighted by atomic mass is 9.72. The standard InChI is InChI=1S/C19H25BN2O8/c1-11(23)21-9-15(24)22-14-8-12-6-5-7-13(16(12)30-20(14)27)17(25)28-10-29-18(26)19(2,3)4/h5-7,14,27H,8-10H2,1-4H3,(H,21,23)(H,22,24)/t14-/m0/s1. The molecule has 0 fully saturated rings. The SMILES string of the molecule is CC(=O)NCC(=O)N[C@H]1Cc2cccc(C(=O)OCOC(=O)C(C)(C)C)c2OB1O. The quantitative estimate of drug-likeness (QED) is 0.331. The summed E-state index contributed by atoms with van der Waals surface area (Å²) in [5.74, 6) is -2.78. The lowest BCUT2D eigenvalue weighted by Gasteiger charge is -2.29. The highest BCUT2D eigenvalue weighted by Gasteiger charge is 2.38. The summed E-state index contributed by atoms with van der Waals surface area (Å²) in [4.78, 5) is 46.9. The molecule has 1 aliphatic heterocycles. The fraction of sp³-hybridized carbons (Fsp3) is 0.474. The second-order valence-electron chi connectivity index (χ2n) is 7.82. The van der Waals surface area contributed by atoms with Gasteiger partial charge >= 0.3 is 19.1 Å². The maximum atomic E-state index is 12.4. The highest BCUT2D eigenvalue weighted by atomic mass is 16.7. The molecule has 0 radical (unpaired) electrons. The van der Waals surface area contributed by atoms with Crippen LogP contribution in [0, 0.1) is 5.41 Å². The van der Waals surface area contributed by atoms with Gasteiger partial charge in [0.2, 0.25) is 18.6 Å². The van der Waals surface area contributed by atoms with Crippen LogP contribution in [0.15, 0.2) is 18.2 Å². The van der Waals surface area contributed by atoms with Crippen molar-refractivity contribution in [2.24, 2.45) is 5.41 Å². The Bertz CT molecular complexity index is 836. The fourth-order valence-electron chi connectivity index (χ4n) is 2.60. The Morgan fingerprint density at radius 3 is 2.57 bits per heavy atom. The Labute approximate surface area is 174 Å². The Morgan fingerprint density at radius 2 is 1.93 bits per heavy atom. The summed E-state index contributed by atoms with van der Waals surface area (Å²) in [7, 11) is -1.41. The number of carbonyl (C=O) groups excluding carboxylic acids is 4. The molecule has 2 amide bonds. The minimum atomic E-state index is -1.41. The predicted molar refractivity (Wildman–Crippen MR) is 105 cm³/mol. The summed E-state index contributed by atoms with van der Waals surface area (Å²) >= 11 is 0. The first-order chi connectivity index (χ1) is 14.0. The number of rotatable bonds is 6. The molecule has 162 valence electrons. The van der Waals surface area contributed by atoms with Crippen LogP contribution < -0.4 is 15.3 Å². The molecule has 1 heterocycles. The van der Waals surface area contributed by atoms with Gasteiger partial charge in [-0.2, -0.15) is 0 Å². The Kier molecular flexibility index (Phi) is 7.44. The van der Waals surface area contributed by atoms with E-state index < -0.39 is 43.1 Å².